The lowest BCUT2D eigenvalue weighted by Gasteiger charge is -2.22. The van der Waals surface area contributed by atoms with Crippen LogP contribution in [-0.2, 0) is 0 Å². The van der Waals surface area contributed by atoms with Crippen LogP contribution in [0.3, 0.4) is 0 Å². The summed E-state index contributed by atoms with van der Waals surface area (Å²) in [5.41, 5.74) is 1.93. The molecule has 0 saturated heterocycles. The second-order valence-corrected chi connectivity index (χ2v) is 9.62. The Bertz CT molecular complexity index is 1080. The van der Waals surface area contributed by atoms with Crippen LogP contribution >= 0.6 is 57.4 Å². The fourth-order valence-electron chi connectivity index (χ4n) is 3.72. The van der Waals surface area contributed by atoms with Crippen molar-refractivity contribution in [2.75, 3.05) is 0 Å². The molecule has 4 rings (SSSR count). The quantitative estimate of drug-likeness (QED) is 0.336. The fraction of sp³-hybridized carbons (Fsp3) is 0.273. The molecule has 1 fully saturated rings. The van der Waals surface area contributed by atoms with Crippen molar-refractivity contribution >= 4 is 63.3 Å². The molecule has 1 amide bonds. The van der Waals surface area contributed by atoms with Gasteiger partial charge in [-0.1, -0.05) is 54.1 Å². The Morgan fingerprint density at radius 3 is 2.33 bits per heavy atom. The van der Waals surface area contributed by atoms with Gasteiger partial charge in [0.2, 0.25) is 0 Å². The van der Waals surface area contributed by atoms with E-state index < -0.39 is 0 Å². The topological polar surface area (TPSA) is 46.9 Å². The normalized spacial score (nSPS) is 14.7. The van der Waals surface area contributed by atoms with Crippen LogP contribution in [0, 0.1) is 3.70 Å². The second kappa shape index (κ2) is 9.47. The largest absolute Gasteiger partial charge is 0.348 e. The molecule has 0 bridgehead atoms. The highest BCUT2D eigenvalue weighted by Crippen LogP contribution is 2.34. The van der Waals surface area contributed by atoms with E-state index in [1.807, 2.05) is 34.9 Å². The molecule has 156 valence electrons. The molecule has 3 aromatic rings. The highest BCUT2D eigenvalue weighted by Gasteiger charge is 2.26. The molecule has 1 N–H and O–H groups in total. The third kappa shape index (κ3) is 4.64. The summed E-state index contributed by atoms with van der Waals surface area (Å²) in [7, 11) is 0. The van der Waals surface area contributed by atoms with Crippen molar-refractivity contribution in [3.05, 3.63) is 66.9 Å². The maximum absolute atomic E-state index is 13.1. The van der Waals surface area contributed by atoms with Crippen LogP contribution in [0.25, 0.3) is 17.1 Å². The fourth-order valence-corrected chi connectivity index (χ4v) is 5.21. The zero-order valence-corrected chi connectivity index (χ0v) is 20.4. The van der Waals surface area contributed by atoms with E-state index in [-0.39, 0.29) is 11.9 Å². The monoisotopic (exact) mass is 573 g/mol. The van der Waals surface area contributed by atoms with Crippen LogP contribution in [0.5, 0.6) is 0 Å². The lowest BCUT2D eigenvalue weighted by atomic mass is 9.95. The van der Waals surface area contributed by atoms with Crippen molar-refractivity contribution in [2.24, 2.45) is 0 Å². The predicted molar refractivity (Wildman–Crippen MR) is 131 cm³/mol. The highest BCUT2D eigenvalue weighted by molar-refractivity contribution is 14.1. The predicted octanol–water partition coefficient (Wildman–Crippen LogP) is 7.17. The molecule has 0 atom stereocenters. The summed E-state index contributed by atoms with van der Waals surface area (Å²) in [6.45, 7) is 0. The number of hydrogen-bond donors (Lipinski definition) is 1. The van der Waals surface area contributed by atoms with Gasteiger partial charge in [0.15, 0.2) is 5.69 Å². The summed E-state index contributed by atoms with van der Waals surface area (Å²) >= 11 is 20.8. The maximum Gasteiger partial charge on any atom is 0.272 e. The van der Waals surface area contributed by atoms with E-state index in [1.54, 1.807) is 12.1 Å². The number of aromatic nitrogens is 2. The van der Waals surface area contributed by atoms with Crippen molar-refractivity contribution in [1.29, 1.82) is 0 Å². The maximum atomic E-state index is 13.1. The zero-order chi connectivity index (χ0) is 21.3. The molecule has 0 spiro atoms. The first-order valence-electron chi connectivity index (χ1n) is 9.74. The first kappa shape index (κ1) is 21.9. The average molecular weight is 575 g/mol. The van der Waals surface area contributed by atoms with Gasteiger partial charge in [-0.15, -0.1) is 0 Å². The Kier molecular flexibility index (Phi) is 6.92. The number of hydrogen-bond acceptors (Lipinski definition) is 2. The Labute approximate surface area is 204 Å². The minimum absolute atomic E-state index is 0.162. The molecule has 8 heteroatoms. The Morgan fingerprint density at radius 1 is 1.00 bits per heavy atom. The molecular weight excluding hydrogens is 556 g/mol. The molecule has 2 aromatic carbocycles. The van der Waals surface area contributed by atoms with Gasteiger partial charge >= 0.3 is 0 Å². The summed E-state index contributed by atoms with van der Waals surface area (Å²) in [5.74, 6) is 0.419. The first-order valence-corrected chi connectivity index (χ1v) is 12.0. The molecule has 1 saturated carbocycles. The molecule has 1 aliphatic rings. The van der Waals surface area contributed by atoms with Gasteiger partial charge in [-0.25, -0.2) is 4.98 Å². The van der Waals surface area contributed by atoms with Crippen LogP contribution in [-0.4, -0.2) is 21.5 Å². The van der Waals surface area contributed by atoms with Gasteiger partial charge in [0, 0.05) is 27.3 Å². The van der Waals surface area contributed by atoms with Gasteiger partial charge in [0.25, 0.3) is 5.91 Å². The minimum Gasteiger partial charge on any atom is -0.348 e. The van der Waals surface area contributed by atoms with Gasteiger partial charge in [-0.3, -0.25) is 9.36 Å². The Morgan fingerprint density at radius 2 is 1.67 bits per heavy atom. The van der Waals surface area contributed by atoms with E-state index in [4.69, 9.17) is 39.8 Å². The van der Waals surface area contributed by atoms with Crippen molar-refractivity contribution in [3.63, 3.8) is 0 Å². The number of carbonyl (C=O) groups excluding carboxylic acids is 1. The van der Waals surface area contributed by atoms with E-state index in [9.17, 15) is 4.79 Å². The van der Waals surface area contributed by atoms with Crippen molar-refractivity contribution < 1.29 is 4.79 Å². The smallest absolute Gasteiger partial charge is 0.272 e. The lowest BCUT2D eigenvalue weighted by Crippen LogP contribution is -2.36. The molecule has 0 radical (unpaired) electrons. The van der Waals surface area contributed by atoms with Crippen LogP contribution in [0.2, 0.25) is 15.1 Å². The van der Waals surface area contributed by atoms with E-state index in [2.05, 4.69) is 27.9 Å². The SMILES string of the molecule is O=C(NC1CCCCC1)c1nc(-c2ccc(Cl)cc2Cl)n(-c2ccc(Cl)cc2)c1I. The summed E-state index contributed by atoms with van der Waals surface area (Å²) in [6, 6.07) is 12.9. The summed E-state index contributed by atoms with van der Waals surface area (Å²) < 4.78 is 2.63. The molecular formula is C22H19Cl3IN3O. The second-order valence-electron chi connectivity index (χ2n) is 7.32. The van der Waals surface area contributed by atoms with Crippen LogP contribution in [0.1, 0.15) is 42.6 Å². The van der Waals surface area contributed by atoms with Crippen molar-refractivity contribution in [3.8, 4) is 17.1 Å². The Balaban J connectivity index is 1.80. The highest BCUT2D eigenvalue weighted by atomic mass is 127. The number of nitrogens with zero attached hydrogens (tertiary/aromatic N) is 2. The van der Waals surface area contributed by atoms with E-state index in [1.165, 1.54) is 6.42 Å². The number of carbonyl (C=O) groups is 1. The van der Waals surface area contributed by atoms with Gasteiger partial charge in [-0.05, 0) is 77.9 Å². The summed E-state index contributed by atoms with van der Waals surface area (Å²) in [6.07, 6.45) is 5.54. The number of nitrogens with one attached hydrogen (secondary N) is 1. The minimum atomic E-state index is -0.162. The lowest BCUT2D eigenvalue weighted by molar-refractivity contribution is 0.0922. The van der Waals surface area contributed by atoms with Crippen LogP contribution < -0.4 is 5.32 Å². The first-order chi connectivity index (χ1) is 14.4. The van der Waals surface area contributed by atoms with Gasteiger partial charge in [0.05, 0.1) is 5.02 Å². The number of halogens is 4. The van der Waals surface area contributed by atoms with Crippen LogP contribution in [0.15, 0.2) is 42.5 Å². The van der Waals surface area contributed by atoms with Gasteiger partial charge in [0.1, 0.15) is 9.53 Å². The average Bonchev–Trinajstić information content (AvgIpc) is 3.06. The standard InChI is InChI=1S/C22H19Cl3IN3O/c23-13-6-9-16(10-7-13)29-20(26)19(22(30)27-15-4-2-1-3-5-15)28-21(29)17-11-8-14(24)12-18(17)25/h6-12,15H,1-5H2,(H,27,30). The van der Waals surface area contributed by atoms with Crippen molar-refractivity contribution in [1.82, 2.24) is 14.9 Å². The number of rotatable bonds is 4. The molecule has 1 aromatic heterocycles. The third-order valence-corrected chi connectivity index (χ3v) is 7.03. The van der Waals surface area contributed by atoms with E-state index >= 15 is 0 Å². The third-order valence-electron chi connectivity index (χ3n) is 5.23. The Hall–Kier alpha value is -1.28. The summed E-state index contributed by atoms with van der Waals surface area (Å²) in [4.78, 5) is 17.8. The number of amides is 1. The molecule has 0 unspecified atom stereocenters. The van der Waals surface area contributed by atoms with Gasteiger partial charge < -0.3 is 5.32 Å². The number of imidazole rings is 1. The zero-order valence-electron chi connectivity index (χ0n) is 16.0. The van der Waals surface area contributed by atoms with Crippen LogP contribution in [0.4, 0.5) is 0 Å². The molecule has 0 aliphatic heterocycles. The summed E-state index contributed by atoms with van der Waals surface area (Å²) in [5, 5.41) is 4.80. The molecule has 30 heavy (non-hydrogen) atoms. The van der Waals surface area contributed by atoms with Crippen molar-refractivity contribution in [2.45, 2.75) is 38.1 Å². The molecule has 1 heterocycles. The van der Waals surface area contributed by atoms with Gasteiger partial charge in [-0.2, -0.15) is 0 Å². The van der Waals surface area contributed by atoms with E-state index in [0.717, 1.165) is 31.4 Å². The molecule has 1 aliphatic carbocycles. The molecule has 4 nitrogen and oxygen atoms in total. The van der Waals surface area contributed by atoms with E-state index in [0.29, 0.717) is 35.9 Å². The number of benzene rings is 2.